The van der Waals surface area contributed by atoms with Gasteiger partial charge in [0.25, 0.3) is 0 Å². The van der Waals surface area contributed by atoms with Gasteiger partial charge in [0, 0.05) is 12.3 Å². The molecule has 0 aliphatic rings. The number of fused-ring (bicyclic) bond motifs is 1. The van der Waals surface area contributed by atoms with Gasteiger partial charge in [0.15, 0.2) is 5.58 Å². The first-order valence-electron chi connectivity index (χ1n) is 5.65. The lowest BCUT2D eigenvalue weighted by molar-refractivity contribution is 0.555. The van der Waals surface area contributed by atoms with E-state index in [0.29, 0.717) is 29.0 Å². The fraction of sp³-hybridized carbons (Fsp3) is 0.0833. The number of anilines is 2. The van der Waals surface area contributed by atoms with Crippen LogP contribution in [0.3, 0.4) is 0 Å². The third kappa shape index (κ3) is 2.25. The van der Waals surface area contributed by atoms with E-state index in [-0.39, 0.29) is 0 Å². The molecule has 3 aromatic rings. The van der Waals surface area contributed by atoms with E-state index in [0.717, 1.165) is 5.69 Å². The van der Waals surface area contributed by atoms with Crippen LogP contribution in [0.4, 0.5) is 11.4 Å². The Morgan fingerprint density at radius 3 is 3.11 bits per heavy atom. The summed E-state index contributed by atoms with van der Waals surface area (Å²) in [4.78, 5) is 13.7. The highest BCUT2D eigenvalue weighted by Gasteiger charge is 2.06. The molecule has 0 unspecified atom stereocenters. The highest BCUT2D eigenvalue weighted by atomic mass is 16.4. The van der Waals surface area contributed by atoms with Crippen molar-refractivity contribution < 1.29 is 4.42 Å². The van der Waals surface area contributed by atoms with Gasteiger partial charge in [0.1, 0.15) is 0 Å². The first-order chi connectivity index (χ1) is 9.22. The van der Waals surface area contributed by atoms with Gasteiger partial charge in [-0.25, -0.2) is 4.79 Å². The normalized spacial score (nSPS) is 10.7. The van der Waals surface area contributed by atoms with Gasteiger partial charge in [-0.15, -0.1) is 0 Å². The number of nitrogens with two attached hydrogens (primary N) is 1. The lowest BCUT2D eigenvalue weighted by Crippen LogP contribution is -2.04. The van der Waals surface area contributed by atoms with Crippen molar-refractivity contribution in [2.75, 3.05) is 11.1 Å². The van der Waals surface area contributed by atoms with Crippen LogP contribution in [-0.2, 0) is 6.54 Å². The van der Waals surface area contributed by atoms with E-state index in [2.05, 4.69) is 20.5 Å². The molecule has 0 radical (unpaired) electrons. The number of H-pyrrole nitrogens is 1. The summed E-state index contributed by atoms with van der Waals surface area (Å²) >= 11 is 0. The largest absolute Gasteiger partial charge is 0.417 e. The van der Waals surface area contributed by atoms with Gasteiger partial charge in [-0.3, -0.25) is 4.98 Å². The van der Waals surface area contributed by atoms with Crippen molar-refractivity contribution in [2.24, 2.45) is 0 Å². The molecule has 3 rings (SSSR count). The second-order valence-electron chi connectivity index (χ2n) is 4.02. The number of oxazole rings is 1. The molecular weight excluding hydrogens is 246 g/mol. The molecule has 0 amide bonds. The first-order valence-corrected chi connectivity index (χ1v) is 5.65. The predicted molar refractivity (Wildman–Crippen MR) is 70.6 cm³/mol. The lowest BCUT2D eigenvalue weighted by Gasteiger charge is -2.08. The van der Waals surface area contributed by atoms with Crippen LogP contribution in [0.1, 0.15) is 5.69 Å². The van der Waals surface area contributed by atoms with Gasteiger partial charge in [0.05, 0.1) is 29.1 Å². The minimum Gasteiger partial charge on any atom is -0.408 e. The van der Waals surface area contributed by atoms with Gasteiger partial charge in [0.2, 0.25) is 0 Å². The van der Waals surface area contributed by atoms with Crippen LogP contribution in [-0.4, -0.2) is 15.2 Å². The highest BCUT2D eigenvalue weighted by Crippen LogP contribution is 2.24. The molecule has 96 valence electrons. The zero-order valence-corrected chi connectivity index (χ0v) is 9.88. The van der Waals surface area contributed by atoms with Crippen molar-refractivity contribution in [3.8, 4) is 0 Å². The van der Waals surface area contributed by atoms with Crippen LogP contribution in [0.2, 0.25) is 0 Å². The zero-order valence-electron chi connectivity index (χ0n) is 9.88. The molecule has 0 atom stereocenters. The summed E-state index contributed by atoms with van der Waals surface area (Å²) in [5.41, 5.74) is 8.92. The standard InChI is InChI=1S/C12H11N5O2/c13-8-4-11-10(16-12(18)19-11)5-9(8)14-6-7-2-1-3-15-17-7/h1-5,14H,6,13H2,(H,16,18). The molecule has 0 saturated heterocycles. The van der Waals surface area contributed by atoms with Crippen molar-refractivity contribution in [1.82, 2.24) is 15.2 Å². The number of nitrogens with zero attached hydrogens (tertiary/aromatic N) is 2. The maximum Gasteiger partial charge on any atom is 0.417 e. The monoisotopic (exact) mass is 257 g/mol. The average Bonchev–Trinajstić information content (AvgIpc) is 2.76. The van der Waals surface area contributed by atoms with E-state index < -0.39 is 5.76 Å². The molecule has 19 heavy (non-hydrogen) atoms. The Bertz CT molecular complexity index is 763. The van der Waals surface area contributed by atoms with Crippen molar-refractivity contribution in [2.45, 2.75) is 6.54 Å². The number of nitrogen functional groups attached to an aromatic ring is 1. The second kappa shape index (κ2) is 4.45. The Hall–Kier alpha value is -2.83. The average molecular weight is 257 g/mol. The smallest absolute Gasteiger partial charge is 0.408 e. The minimum absolute atomic E-state index is 0.438. The van der Waals surface area contributed by atoms with Crippen molar-refractivity contribution in [3.63, 3.8) is 0 Å². The molecule has 2 heterocycles. The van der Waals surface area contributed by atoms with Crippen molar-refractivity contribution in [3.05, 3.63) is 46.7 Å². The Kier molecular flexibility index (Phi) is 2.64. The number of benzene rings is 1. The summed E-state index contributed by atoms with van der Waals surface area (Å²) in [6, 6.07) is 7.00. The van der Waals surface area contributed by atoms with Crippen molar-refractivity contribution in [1.29, 1.82) is 0 Å². The van der Waals surface area contributed by atoms with Gasteiger partial charge in [-0.1, -0.05) is 0 Å². The van der Waals surface area contributed by atoms with E-state index in [1.165, 1.54) is 0 Å². The van der Waals surface area contributed by atoms with Crippen molar-refractivity contribution >= 4 is 22.5 Å². The summed E-state index contributed by atoms with van der Waals surface area (Å²) in [5, 5.41) is 10.9. The molecule has 0 fully saturated rings. The Labute approximate surface area is 107 Å². The maximum atomic E-state index is 11.1. The quantitative estimate of drug-likeness (QED) is 0.606. The topological polar surface area (TPSA) is 110 Å². The summed E-state index contributed by atoms with van der Waals surface area (Å²) in [6.07, 6.45) is 1.61. The summed E-state index contributed by atoms with van der Waals surface area (Å²) in [5.74, 6) is -0.500. The van der Waals surface area contributed by atoms with Gasteiger partial charge < -0.3 is 15.5 Å². The number of hydrogen-bond acceptors (Lipinski definition) is 6. The summed E-state index contributed by atoms with van der Waals surface area (Å²) in [6.45, 7) is 0.492. The van der Waals surface area contributed by atoms with Crippen LogP contribution >= 0.6 is 0 Å². The van der Waals surface area contributed by atoms with E-state index in [4.69, 9.17) is 10.2 Å². The molecule has 2 aromatic heterocycles. The maximum absolute atomic E-state index is 11.1. The second-order valence-corrected chi connectivity index (χ2v) is 4.02. The highest BCUT2D eigenvalue weighted by molar-refractivity contribution is 5.85. The molecule has 7 heteroatoms. The van der Waals surface area contributed by atoms with E-state index in [9.17, 15) is 4.79 Å². The number of aromatic amines is 1. The SMILES string of the molecule is Nc1cc2oc(=O)[nH]c2cc1NCc1cccnn1. The van der Waals surface area contributed by atoms with Crippen LogP contribution in [0, 0.1) is 0 Å². The molecule has 0 bridgehead atoms. The summed E-state index contributed by atoms with van der Waals surface area (Å²) < 4.78 is 4.93. The minimum atomic E-state index is -0.500. The number of nitrogens with one attached hydrogen (secondary N) is 2. The van der Waals surface area contributed by atoms with Gasteiger partial charge in [-0.05, 0) is 18.2 Å². The number of aromatic nitrogens is 3. The number of rotatable bonds is 3. The Morgan fingerprint density at radius 1 is 1.42 bits per heavy atom. The van der Waals surface area contributed by atoms with Crippen LogP contribution in [0.15, 0.2) is 39.7 Å². The third-order valence-electron chi connectivity index (χ3n) is 2.68. The molecule has 0 spiro atoms. The van der Waals surface area contributed by atoms with E-state index in [1.54, 1.807) is 18.3 Å². The van der Waals surface area contributed by atoms with Crippen LogP contribution in [0.25, 0.3) is 11.1 Å². The first kappa shape index (κ1) is 11.3. The Morgan fingerprint density at radius 2 is 2.32 bits per heavy atom. The summed E-state index contributed by atoms with van der Waals surface area (Å²) in [7, 11) is 0. The van der Waals surface area contributed by atoms with E-state index in [1.807, 2.05) is 12.1 Å². The molecule has 7 nitrogen and oxygen atoms in total. The number of hydrogen-bond donors (Lipinski definition) is 3. The lowest BCUT2D eigenvalue weighted by atomic mass is 10.2. The molecule has 1 aromatic carbocycles. The molecular formula is C12H11N5O2. The molecule has 4 N–H and O–H groups in total. The van der Waals surface area contributed by atoms with E-state index >= 15 is 0 Å². The Balaban J connectivity index is 1.88. The molecule has 0 saturated carbocycles. The molecule has 0 aliphatic heterocycles. The predicted octanol–water partition coefficient (Wildman–Crippen LogP) is 1.11. The van der Waals surface area contributed by atoms with Crippen LogP contribution < -0.4 is 16.8 Å². The van der Waals surface area contributed by atoms with Crippen LogP contribution in [0.5, 0.6) is 0 Å². The van der Waals surface area contributed by atoms with Gasteiger partial charge >= 0.3 is 5.76 Å². The van der Waals surface area contributed by atoms with Gasteiger partial charge in [-0.2, -0.15) is 10.2 Å². The fourth-order valence-electron chi connectivity index (χ4n) is 1.78. The third-order valence-corrected chi connectivity index (χ3v) is 2.68. The molecule has 0 aliphatic carbocycles. The zero-order chi connectivity index (χ0) is 13.2. The fourth-order valence-corrected chi connectivity index (χ4v) is 1.78.